The molecule has 0 aliphatic heterocycles. The van der Waals surface area contributed by atoms with E-state index in [0.29, 0.717) is 5.76 Å². The van der Waals surface area contributed by atoms with E-state index in [1.165, 1.54) is 6.39 Å². The summed E-state index contributed by atoms with van der Waals surface area (Å²) >= 11 is 0. The average Bonchev–Trinajstić information content (AvgIpc) is 2.92. The molecule has 0 unspecified atom stereocenters. The van der Waals surface area contributed by atoms with Crippen molar-refractivity contribution in [1.29, 1.82) is 0 Å². The first-order valence-corrected chi connectivity index (χ1v) is 5.77. The zero-order valence-corrected chi connectivity index (χ0v) is 10.5. The summed E-state index contributed by atoms with van der Waals surface area (Å²) < 4.78 is 10.6. The minimum Gasteiger partial charge on any atom is -0.496 e. The van der Waals surface area contributed by atoms with Gasteiger partial charge in [-0.1, -0.05) is 12.2 Å². The maximum atomic E-state index is 5.37. The molecule has 0 saturated heterocycles. The number of ether oxygens (including phenoxy) is 1. The van der Waals surface area contributed by atoms with Gasteiger partial charge in [0.2, 0.25) is 0 Å². The van der Waals surface area contributed by atoms with E-state index in [9.17, 15) is 0 Å². The Morgan fingerprint density at radius 3 is 3.00 bits per heavy atom. The van der Waals surface area contributed by atoms with Crippen LogP contribution in [0.1, 0.15) is 6.92 Å². The van der Waals surface area contributed by atoms with Crippen LogP contribution in [0.4, 0.5) is 5.69 Å². The molecule has 0 radical (unpaired) electrons. The molecule has 2 aromatic rings. The van der Waals surface area contributed by atoms with Crippen LogP contribution in [0.5, 0.6) is 5.75 Å². The van der Waals surface area contributed by atoms with Gasteiger partial charge in [-0.05, 0) is 19.1 Å². The van der Waals surface area contributed by atoms with Crippen LogP contribution in [0.25, 0.3) is 11.3 Å². The predicted octanol–water partition coefficient (Wildman–Crippen LogP) is 3.34. The smallest absolute Gasteiger partial charge is 0.181 e. The number of aromatic nitrogens is 1. The van der Waals surface area contributed by atoms with Crippen molar-refractivity contribution in [1.82, 2.24) is 4.98 Å². The lowest BCUT2D eigenvalue weighted by Gasteiger charge is -2.09. The molecule has 0 spiro atoms. The van der Waals surface area contributed by atoms with E-state index in [4.69, 9.17) is 9.15 Å². The zero-order valence-electron chi connectivity index (χ0n) is 10.5. The number of rotatable bonds is 5. The molecule has 0 saturated carbocycles. The van der Waals surface area contributed by atoms with Crippen molar-refractivity contribution in [2.24, 2.45) is 0 Å². The van der Waals surface area contributed by atoms with Crippen LogP contribution in [0.15, 0.2) is 47.4 Å². The molecule has 1 N–H and O–H groups in total. The summed E-state index contributed by atoms with van der Waals surface area (Å²) in [5.74, 6) is 1.46. The van der Waals surface area contributed by atoms with Crippen molar-refractivity contribution < 1.29 is 9.15 Å². The molecule has 94 valence electrons. The first-order valence-electron chi connectivity index (χ1n) is 5.77. The second kappa shape index (κ2) is 5.91. The molecule has 1 heterocycles. The number of oxazole rings is 1. The summed E-state index contributed by atoms with van der Waals surface area (Å²) in [6.45, 7) is 2.79. The third-order valence-electron chi connectivity index (χ3n) is 2.56. The minimum absolute atomic E-state index is 0.701. The fourth-order valence-electron chi connectivity index (χ4n) is 1.65. The molecule has 1 aromatic carbocycles. The van der Waals surface area contributed by atoms with Gasteiger partial charge in [0.25, 0.3) is 0 Å². The highest BCUT2D eigenvalue weighted by atomic mass is 16.5. The molecule has 0 aliphatic carbocycles. The Morgan fingerprint density at radius 2 is 2.33 bits per heavy atom. The summed E-state index contributed by atoms with van der Waals surface area (Å²) in [5, 5.41) is 3.28. The third-order valence-corrected chi connectivity index (χ3v) is 2.56. The highest BCUT2D eigenvalue weighted by Crippen LogP contribution is 2.32. The number of benzene rings is 1. The fraction of sp³-hybridized carbons (Fsp3) is 0.214. The van der Waals surface area contributed by atoms with Gasteiger partial charge < -0.3 is 14.5 Å². The molecule has 0 atom stereocenters. The number of methoxy groups -OCH3 is 1. The maximum Gasteiger partial charge on any atom is 0.181 e. The van der Waals surface area contributed by atoms with Crippen LogP contribution in [0.3, 0.4) is 0 Å². The monoisotopic (exact) mass is 244 g/mol. The first kappa shape index (κ1) is 12.2. The van der Waals surface area contributed by atoms with Crippen LogP contribution in [-0.2, 0) is 0 Å². The predicted molar refractivity (Wildman–Crippen MR) is 71.8 cm³/mol. The van der Waals surface area contributed by atoms with Gasteiger partial charge in [-0.3, -0.25) is 0 Å². The van der Waals surface area contributed by atoms with Crippen molar-refractivity contribution in [2.45, 2.75) is 6.92 Å². The molecule has 4 nitrogen and oxygen atoms in total. The minimum atomic E-state index is 0.701. The Hall–Kier alpha value is -2.23. The molecular weight excluding hydrogens is 228 g/mol. The lowest BCUT2D eigenvalue weighted by atomic mass is 10.1. The maximum absolute atomic E-state index is 5.37. The largest absolute Gasteiger partial charge is 0.496 e. The highest BCUT2D eigenvalue weighted by Gasteiger charge is 2.09. The van der Waals surface area contributed by atoms with Crippen molar-refractivity contribution in [3.05, 3.63) is 42.9 Å². The van der Waals surface area contributed by atoms with Gasteiger partial charge in [0.15, 0.2) is 12.2 Å². The molecule has 0 aliphatic rings. The number of hydrogen-bond donors (Lipinski definition) is 1. The van der Waals surface area contributed by atoms with Crippen molar-refractivity contribution in [2.75, 3.05) is 19.0 Å². The van der Waals surface area contributed by atoms with Gasteiger partial charge in [-0.15, -0.1) is 0 Å². The van der Waals surface area contributed by atoms with Crippen LogP contribution in [0.2, 0.25) is 0 Å². The van der Waals surface area contributed by atoms with E-state index in [-0.39, 0.29) is 0 Å². The number of nitrogens with zero attached hydrogens (tertiary/aromatic N) is 1. The van der Waals surface area contributed by atoms with Crippen LogP contribution >= 0.6 is 0 Å². The molecular formula is C14H16N2O2. The van der Waals surface area contributed by atoms with E-state index in [1.54, 1.807) is 13.3 Å². The molecule has 4 heteroatoms. The Labute approximate surface area is 106 Å². The normalized spacial score (nSPS) is 10.8. The summed E-state index contributed by atoms with van der Waals surface area (Å²) in [4.78, 5) is 3.91. The van der Waals surface area contributed by atoms with Crippen molar-refractivity contribution >= 4 is 5.69 Å². The van der Waals surface area contributed by atoms with Gasteiger partial charge in [-0.25, -0.2) is 4.98 Å². The number of allylic oxidation sites excluding steroid dienone is 1. The molecule has 0 amide bonds. The Kier molecular flexibility index (Phi) is 4.02. The second-order valence-corrected chi connectivity index (χ2v) is 3.73. The second-order valence-electron chi connectivity index (χ2n) is 3.73. The van der Waals surface area contributed by atoms with E-state index >= 15 is 0 Å². The van der Waals surface area contributed by atoms with E-state index in [1.807, 2.05) is 31.2 Å². The lowest BCUT2D eigenvalue weighted by Crippen LogP contribution is -1.98. The van der Waals surface area contributed by atoms with E-state index in [0.717, 1.165) is 23.5 Å². The summed E-state index contributed by atoms with van der Waals surface area (Å²) in [6, 6.07) is 5.89. The van der Waals surface area contributed by atoms with Crippen LogP contribution < -0.4 is 10.1 Å². The van der Waals surface area contributed by atoms with Crippen LogP contribution in [-0.4, -0.2) is 18.6 Å². The van der Waals surface area contributed by atoms with Gasteiger partial charge in [0.05, 0.1) is 18.9 Å². The Bertz CT molecular complexity index is 519. The molecule has 2 rings (SSSR count). The lowest BCUT2D eigenvalue weighted by molar-refractivity contribution is 0.415. The number of hydrogen-bond acceptors (Lipinski definition) is 4. The summed E-state index contributed by atoms with van der Waals surface area (Å²) in [5.41, 5.74) is 1.90. The quantitative estimate of drug-likeness (QED) is 0.819. The van der Waals surface area contributed by atoms with Crippen molar-refractivity contribution in [3.63, 3.8) is 0 Å². The van der Waals surface area contributed by atoms with Gasteiger partial charge in [0, 0.05) is 18.3 Å². The Morgan fingerprint density at radius 1 is 1.44 bits per heavy atom. The topological polar surface area (TPSA) is 47.3 Å². The van der Waals surface area contributed by atoms with E-state index in [2.05, 4.69) is 16.4 Å². The first-order chi connectivity index (χ1) is 8.85. The van der Waals surface area contributed by atoms with Gasteiger partial charge >= 0.3 is 0 Å². The SMILES string of the molecule is C/C=C/CNc1ccc(-c2cnco2)c(OC)c1. The third kappa shape index (κ3) is 2.71. The Balaban J connectivity index is 2.23. The standard InChI is InChI=1S/C14H16N2O2/c1-3-4-7-16-11-5-6-12(13(8-11)17-2)14-9-15-10-18-14/h3-6,8-10,16H,7H2,1-2H3/b4-3+. The summed E-state index contributed by atoms with van der Waals surface area (Å²) in [6.07, 6.45) is 7.14. The van der Waals surface area contributed by atoms with Crippen LogP contribution in [0, 0.1) is 0 Å². The summed E-state index contributed by atoms with van der Waals surface area (Å²) in [7, 11) is 1.64. The molecule has 18 heavy (non-hydrogen) atoms. The average molecular weight is 244 g/mol. The fourth-order valence-corrected chi connectivity index (χ4v) is 1.65. The molecule has 1 aromatic heterocycles. The zero-order chi connectivity index (χ0) is 12.8. The van der Waals surface area contributed by atoms with Gasteiger partial charge in [-0.2, -0.15) is 0 Å². The van der Waals surface area contributed by atoms with Gasteiger partial charge in [0.1, 0.15) is 5.75 Å². The molecule has 0 fully saturated rings. The number of nitrogens with one attached hydrogen (secondary N) is 1. The van der Waals surface area contributed by atoms with Crippen molar-refractivity contribution in [3.8, 4) is 17.1 Å². The van der Waals surface area contributed by atoms with E-state index < -0.39 is 0 Å². The highest BCUT2D eigenvalue weighted by molar-refractivity contribution is 5.69. The molecule has 0 bridgehead atoms. The number of anilines is 1.